The summed E-state index contributed by atoms with van der Waals surface area (Å²) in [5, 5.41) is 56.0. The summed E-state index contributed by atoms with van der Waals surface area (Å²) in [5.41, 5.74) is 6.69. The molecule has 2 aromatic heterocycles. The van der Waals surface area contributed by atoms with Crippen molar-refractivity contribution in [2.45, 2.75) is 166 Å². The van der Waals surface area contributed by atoms with Crippen molar-refractivity contribution in [3.8, 4) is 5.75 Å². The number of aliphatic hydroxyl groups excluding tert-OH is 1. The van der Waals surface area contributed by atoms with Crippen molar-refractivity contribution in [3.05, 3.63) is 84.1 Å². The Balaban J connectivity index is 1.24. The summed E-state index contributed by atoms with van der Waals surface area (Å²) in [6, 6.07) is 0.985. The third-order valence-electron chi connectivity index (χ3n) is 14.9. The topological polar surface area (TPSA) is 438 Å². The van der Waals surface area contributed by atoms with Gasteiger partial charge in [-0.25, -0.2) is 4.98 Å². The van der Waals surface area contributed by atoms with Crippen LogP contribution in [-0.2, 0) is 71.9 Å². The Hall–Kier alpha value is -9.12. The molecular formula is C60H86N16O13. The van der Waals surface area contributed by atoms with E-state index in [-0.39, 0.29) is 93.9 Å². The number of guanidine groups is 1. The second-order valence-electron chi connectivity index (χ2n) is 23.6. The van der Waals surface area contributed by atoms with Gasteiger partial charge in [-0.05, 0) is 101 Å². The molecular weight excluding hydrogens is 1150 g/mol. The summed E-state index contributed by atoms with van der Waals surface area (Å²) in [6.07, 6.45) is 5.61. The van der Waals surface area contributed by atoms with Gasteiger partial charge in [0.15, 0.2) is 5.96 Å². The van der Waals surface area contributed by atoms with Gasteiger partial charge in [-0.15, -0.1) is 0 Å². The molecule has 0 radical (unpaired) electrons. The number of amides is 10. The number of likely N-dealkylation sites (tertiary alicyclic amines) is 1. The van der Waals surface area contributed by atoms with Crippen LogP contribution in [0.25, 0.3) is 10.9 Å². The summed E-state index contributed by atoms with van der Waals surface area (Å²) in [7, 11) is 0. The van der Waals surface area contributed by atoms with Crippen molar-refractivity contribution in [3.63, 3.8) is 0 Å². The molecule has 2 fully saturated rings. The molecule has 0 spiro atoms. The third kappa shape index (κ3) is 21.0. The zero-order chi connectivity index (χ0) is 65.0. The molecule has 10 amide bonds. The fourth-order valence-electron chi connectivity index (χ4n) is 10.3. The Labute approximate surface area is 515 Å². The lowest BCUT2D eigenvalue weighted by atomic mass is 10.0. The number of likely N-dealkylation sites (N-methyl/N-ethyl adjacent to an activating group) is 1. The molecule has 29 nitrogen and oxygen atoms in total. The maximum absolute atomic E-state index is 14.8. The number of aromatic amines is 2. The van der Waals surface area contributed by atoms with E-state index in [4.69, 9.17) is 15.9 Å². The molecule has 0 bridgehead atoms. The Morgan fingerprint density at radius 3 is 1.98 bits per heavy atom. The average Bonchev–Trinajstić information content (AvgIpc) is 2.55. The molecule has 2 aromatic carbocycles. The number of phenols is 1. The number of aromatic hydroxyl groups is 1. The first kappa shape index (κ1) is 69.0. The lowest BCUT2D eigenvalue weighted by Gasteiger charge is -2.31. The number of aliphatic hydroxyl groups is 1. The number of aromatic nitrogens is 3. The van der Waals surface area contributed by atoms with E-state index < -0.39 is 120 Å². The van der Waals surface area contributed by atoms with Crippen molar-refractivity contribution in [2.24, 2.45) is 11.7 Å². The number of phenolic OH excluding ortho intramolecular Hbond substituents is 1. The number of nitrogens with one attached hydrogen (secondary N) is 13. The second kappa shape index (κ2) is 32.7. The van der Waals surface area contributed by atoms with Crippen LogP contribution >= 0.6 is 0 Å². The van der Waals surface area contributed by atoms with Crippen molar-refractivity contribution >= 4 is 75.9 Å². The average molecular weight is 1240 g/mol. The van der Waals surface area contributed by atoms with Gasteiger partial charge in [-0.1, -0.05) is 44.2 Å². The monoisotopic (exact) mass is 1240 g/mol. The third-order valence-corrected chi connectivity index (χ3v) is 14.9. The highest BCUT2D eigenvalue weighted by atomic mass is 16.5. The van der Waals surface area contributed by atoms with Crippen molar-refractivity contribution in [2.75, 3.05) is 32.8 Å². The highest BCUT2D eigenvalue weighted by Gasteiger charge is 2.40. The molecule has 6 rings (SSSR count). The molecule has 484 valence electrons. The predicted molar refractivity (Wildman–Crippen MR) is 326 cm³/mol. The quantitative estimate of drug-likeness (QED) is 0.0151. The molecule has 2 saturated heterocycles. The smallest absolute Gasteiger partial charge is 0.245 e. The first-order chi connectivity index (χ1) is 42.3. The van der Waals surface area contributed by atoms with Crippen LogP contribution in [0.5, 0.6) is 5.75 Å². The number of rotatable bonds is 32. The van der Waals surface area contributed by atoms with Crippen molar-refractivity contribution < 1.29 is 62.9 Å². The maximum Gasteiger partial charge on any atom is 0.245 e. The number of carbonyl (C=O) groups excluding carboxylic acids is 10. The number of ether oxygens (including phenoxy) is 1. The number of hydrogen-bond donors (Lipinski definition) is 16. The van der Waals surface area contributed by atoms with Crippen LogP contribution < -0.4 is 58.9 Å². The SMILES string of the molecule is CCNC(=O)[C@@H]1CCCN1C(=O)[C@H](CCCNC(=N)N)NC(=O)C(CC(C)C)NC(=O)[C@@H](COC(C)(C)C)NC(=O)[C@H](Cc1ccc(O)cc1)NC(=O)[C@H](CO)NC(=O)[C@H](Cc1c[nH]c2ccccc12)NC(=O)[C@H](Cc1c[nH]cn1)NC(=O)[C@@H]1CCC(=O)N1. The largest absolute Gasteiger partial charge is 0.508 e. The minimum Gasteiger partial charge on any atom is -0.508 e. The van der Waals surface area contributed by atoms with E-state index in [2.05, 4.69) is 68.1 Å². The maximum atomic E-state index is 14.8. The molecule has 2 aliphatic heterocycles. The van der Waals surface area contributed by atoms with Crippen LogP contribution in [0.4, 0.5) is 0 Å². The fraction of sp³-hybridized carbons (Fsp3) is 0.533. The molecule has 17 N–H and O–H groups in total. The Morgan fingerprint density at radius 2 is 1.36 bits per heavy atom. The summed E-state index contributed by atoms with van der Waals surface area (Å²) in [4.78, 5) is 152. The first-order valence-electron chi connectivity index (χ1n) is 30.0. The van der Waals surface area contributed by atoms with Gasteiger partial charge >= 0.3 is 0 Å². The van der Waals surface area contributed by atoms with Crippen LogP contribution in [0.1, 0.15) is 103 Å². The van der Waals surface area contributed by atoms with Gasteiger partial charge in [0.1, 0.15) is 60.1 Å². The van der Waals surface area contributed by atoms with E-state index in [9.17, 15) is 58.2 Å². The molecule has 2 aliphatic rings. The Bertz CT molecular complexity index is 3110. The molecule has 4 aromatic rings. The van der Waals surface area contributed by atoms with Crippen LogP contribution in [0.3, 0.4) is 0 Å². The van der Waals surface area contributed by atoms with Crippen LogP contribution in [0.2, 0.25) is 0 Å². The molecule has 4 heterocycles. The zero-order valence-electron chi connectivity index (χ0n) is 51.1. The van der Waals surface area contributed by atoms with Crippen LogP contribution in [-0.4, -0.2) is 188 Å². The number of nitrogens with two attached hydrogens (primary N) is 1. The number of H-pyrrole nitrogens is 2. The van der Waals surface area contributed by atoms with E-state index in [1.165, 1.54) is 41.7 Å². The van der Waals surface area contributed by atoms with Crippen molar-refractivity contribution in [1.82, 2.24) is 73.0 Å². The number of benzene rings is 2. The van der Waals surface area contributed by atoms with Crippen molar-refractivity contribution in [1.29, 1.82) is 5.41 Å². The minimum absolute atomic E-state index is 0.0556. The molecule has 1 unspecified atom stereocenters. The van der Waals surface area contributed by atoms with E-state index in [0.717, 1.165) is 0 Å². The zero-order valence-corrected chi connectivity index (χ0v) is 51.1. The van der Waals surface area contributed by atoms with E-state index in [1.54, 1.807) is 58.2 Å². The number of nitrogens with zero attached hydrogens (tertiary/aromatic N) is 2. The number of carbonyl (C=O) groups is 10. The summed E-state index contributed by atoms with van der Waals surface area (Å²) >= 11 is 0. The summed E-state index contributed by atoms with van der Waals surface area (Å²) < 4.78 is 6.04. The summed E-state index contributed by atoms with van der Waals surface area (Å²) in [6.45, 7) is 9.83. The lowest BCUT2D eigenvalue weighted by molar-refractivity contribution is -0.142. The normalized spacial score (nSPS) is 17.2. The standard InChI is InChI=1S/C60H86N16O13/c1-7-64-57(87)48-15-11-23-76(48)58(88)41(14-10-22-65-59(61)62)69-51(81)42(24-33(2)3)70-56(86)47(31-89-60(4,5)6)75-52(82)43(25-34-16-18-37(78)19-17-34)71-55(85)46(30-77)74-53(83)44(26-35-28-66-39-13-9-8-12-38(35)39)72-54(84)45(27-36-29-63-32-67-36)73-50(80)40-20-21-49(79)68-40/h8-9,12-13,16-19,28-29,32-33,40-48,66,77-78H,7,10-11,14-15,20-27,30-31H2,1-6H3,(H,63,67)(H,64,87)(H,68,79)(H,69,81)(H,70,86)(H,71,85)(H,72,84)(H,73,80)(H,74,83)(H,75,82)(H4,61,62,65)/t40-,41-,42?,43-,44-,45-,46-,47+,48-/m0/s1. The molecule has 9 atom stereocenters. The van der Waals surface area contributed by atoms with Gasteiger partial charge in [-0.3, -0.25) is 53.4 Å². The summed E-state index contributed by atoms with van der Waals surface area (Å²) in [5.74, 6) is -7.88. The minimum atomic E-state index is -1.78. The predicted octanol–water partition coefficient (Wildman–Crippen LogP) is -1.46. The van der Waals surface area contributed by atoms with Gasteiger partial charge in [0.25, 0.3) is 0 Å². The Morgan fingerprint density at radius 1 is 0.753 bits per heavy atom. The Kier molecular flexibility index (Phi) is 25.4. The first-order valence-corrected chi connectivity index (χ1v) is 30.0. The highest BCUT2D eigenvalue weighted by molar-refractivity contribution is 5.99. The van der Waals surface area contributed by atoms with Gasteiger partial charge < -0.3 is 88.7 Å². The highest BCUT2D eigenvalue weighted by Crippen LogP contribution is 2.22. The molecule has 89 heavy (non-hydrogen) atoms. The lowest BCUT2D eigenvalue weighted by Crippen LogP contribution is -2.62. The van der Waals surface area contributed by atoms with Gasteiger partial charge in [0.2, 0.25) is 59.1 Å². The van der Waals surface area contributed by atoms with E-state index in [1.807, 2.05) is 13.8 Å². The van der Waals surface area contributed by atoms with E-state index >= 15 is 0 Å². The van der Waals surface area contributed by atoms with Crippen LogP contribution in [0.15, 0.2) is 67.3 Å². The number of hydrogen-bond acceptors (Lipinski definition) is 15. The molecule has 0 saturated carbocycles. The van der Waals surface area contributed by atoms with Gasteiger partial charge in [-0.2, -0.15) is 0 Å². The van der Waals surface area contributed by atoms with Gasteiger partial charge in [0, 0.05) is 68.6 Å². The fourth-order valence-corrected chi connectivity index (χ4v) is 10.3. The number of imidazole rings is 1. The number of para-hydroxylation sites is 1. The molecule has 29 heteroatoms. The second-order valence-corrected chi connectivity index (χ2v) is 23.6. The van der Waals surface area contributed by atoms with E-state index in [0.29, 0.717) is 47.1 Å². The number of fused-ring (bicyclic) bond motifs is 1. The van der Waals surface area contributed by atoms with Gasteiger partial charge in [0.05, 0.1) is 30.8 Å². The molecule has 0 aliphatic carbocycles. The van der Waals surface area contributed by atoms with Crippen LogP contribution in [0, 0.1) is 11.3 Å².